The van der Waals surface area contributed by atoms with Crippen molar-refractivity contribution in [3.8, 4) is 0 Å². The van der Waals surface area contributed by atoms with Crippen molar-refractivity contribution >= 4 is 31.5 Å². The summed E-state index contributed by atoms with van der Waals surface area (Å²) in [6, 6.07) is 26.2. The molecule has 33 heavy (non-hydrogen) atoms. The number of halogens is 6. The van der Waals surface area contributed by atoms with Crippen LogP contribution in [0.3, 0.4) is 0 Å². The van der Waals surface area contributed by atoms with E-state index >= 15 is 0 Å². The normalized spacial score (nSPS) is 12.7. The van der Waals surface area contributed by atoms with Crippen molar-refractivity contribution in [2.45, 2.75) is 12.4 Å². The zero-order chi connectivity index (χ0) is 24.0. The van der Waals surface area contributed by atoms with Gasteiger partial charge in [-0.1, -0.05) is 91.0 Å². The van der Waals surface area contributed by atoms with Crippen LogP contribution < -0.4 is 15.9 Å². The fraction of sp³-hybridized carbons (Fsp3) is 0.182. The Morgan fingerprint density at radius 3 is 1.15 bits per heavy atom. The molecule has 0 spiro atoms. The maximum atomic E-state index is 12.9. The maximum Gasteiger partial charge on any atom is 0.412 e. The van der Waals surface area contributed by atoms with E-state index in [-0.39, 0.29) is 0 Å². The quantitative estimate of drug-likeness (QED) is 0.257. The number of nitrogens with zero attached hydrogens (tertiary/aromatic N) is 1. The first-order chi connectivity index (χ1) is 15.6. The Labute approximate surface area is 188 Å². The van der Waals surface area contributed by atoms with Gasteiger partial charge in [0.15, 0.2) is 13.2 Å². The minimum atomic E-state index is -4.76. The molecule has 3 aromatic rings. The van der Waals surface area contributed by atoms with E-state index in [1.54, 1.807) is 91.0 Å². The average Bonchev–Trinajstić information content (AvgIpc) is 2.79. The Kier molecular flexibility index (Phi) is 8.35. The predicted molar refractivity (Wildman–Crippen MR) is 119 cm³/mol. The molecule has 0 aromatic heterocycles. The molecule has 0 heterocycles. The third-order valence-corrected chi connectivity index (χ3v) is 9.77. The molecule has 0 N–H and O–H groups in total. The molecule has 0 amide bonds. The van der Waals surface area contributed by atoms with Crippen molar-refractivity contribution < 1.29 is 35.4 Å². The van der Waals surface area contributed by atoms with Gasteiger partial charge in [-0.2, -0.15) is 26.3 Å². The smallest absolute Gasteiger partial charge is 0.307 e. The first-order valence-corrected chi connectivity index (χ1v) is 12.5. The van der Waals surface area contributed by atoms with Crippen LogP contribution in [0.5, 0.6) is 0 Å². The first kappa shape index (κ1) is 25.4. The molecule has 3 rings (SSSR count). The molecule has 0 atom stereocenters. The van der Waals surface area contributed by atoms with E-state index < -0.39 is 41.1 Å². The molecule has 0 unspecified atom stereocenters. The van der Waals surface area contributed by atoms with Gasteiger partial charge >= 0.3 is 20.9 Å². The number of hydrogen-bond acceptors (Lipinski definition) is 3. The van der Waals surface area contributed by atoms with Crippen LogP contribution in [-0.2, 0) is 9.05 Å². The number of benzene rings is 3. The van der Waals surface area contributed by atoms with E-state index in [0.717, 1.165) is 0 Å². The maximum absolute atomic E-state index is 12.9. The highest BCUT2D eigenvalue weighted by Crippen LogP contribution is 2.57. The van der Waals surface area contributed by atoms with Crippen LogP contribution in [0.25, 0.3) is 0 Å². The van der Waals surface area contributed by atoms with Crippen LogP contribution in [0, 0.1) is 0 Å². The van der Waals surface area contributed by atoms with Crippen molar-refractivity contribution in [3.05, 3.63) is 91.0 Å². The Balaban J connectivity index is 2.26. The second-order valence-corrected chi connectivity index (χ2v) is 11.3. The van der Waals surface area contributed by atoms with Gasteiger partial charge in [0, 0.05) is 15.9 Å². The number of rotatable bonds is 8. The van der Waals surface area contributed by atoms with Gasteiger partial charge < -0.3 is 9.05 Å². The highest BCUT2D eigenvalue weighted by molar-refractivity contribution is 7.89. The van der Waals surface area contributed by atoms with Gasteiger partial charge in [-0.15, -0.1) is 0 Å². The zero-order valence-corrected chi connectivity index (χ0v) is 18.8. The monoisotopic (exact) mass is 505 g/mol. The zero-order valence-electron chi connectivity index (χ0n) is 17.0. The molecule has 0 radical (unpaired) electrons. The fourth-order valence-electron chi connectivity index (χ4n) is 2.99. The molecule has 176 valence electrons. The summed E-state index contributed by atoms with van der Waals surface area (Å²) < 4.78 is 91.4. The van der Waals surface area contributed by atoms with Crippen molar-refractivity contribution in [3.63, 3.8) is 0 Å². The second-order valence-electron chi connectivity index (χ2n) is 6.75. The Hall–Kier alpha value is -2.18. The molecule has 0 aliphatic rings. The van der Waals surface area contributed by atoms with Crippen LogP contribution in [0.4, 0.5) is 26.3 Å². The van der Waals surface area contributed by atoms with E-state index in [4.69, 9.17) is 9.05 Å². The van der Waals surface area contributed by atoms with Crippen molar-refractivity contribution in [2.75, 3.05) is 13.2 Å². The Morgan fingerprint density at radius 2 is 0.879 bits per heavy atom. The summed E-state index contributed by atoms with van der Waals surface area (Å²) in [4.78, 5) is 0. The molecule has 0 fully saturated rings. The number of hydrogen-bond donors (Lipinski definition) is 0. The molecule has 3 aromatic carbocycles. The molecule has 3 nitrogen and oxygen atoms in total. The average molecular weight is 505 g/mol. The van der Waals surface area contributed by atoms with Gasteiger partial charge in [0.25, 0.3) is 0 Å². The van der Waals surface area contributed by atoms with E-state index in [2.05, 4.69) is 4.52 Å². The molecular weight excluding hydrogens is 486 g/mol. The molecule has 0 saturated heterocycles. The van der Waals surface area contributed by atoms with E-state index in [0.29, 0.717) is 15.9 Å². The van der Waals surface area contributed by atoms with Gasteiger partial charge in [0.05, 0.1) is 7.05 Å². The van der Waals surface area contributed by atoms with Crippen molar-refractivity contribution in [1.82, 2.24) is 0 Å². The SMILES string of the molecule is FC(F)(F)COP(N=P(c1ccccc1)(c1ccccc1)c1ccccc1)OCC(F)(F)F. The minimum absolute atomic E-state index is 0.640. The van der Waals surface area contributed by atoms with Crippen LogP contribution in [0.1, 0.15) is 0 Å². The van der Waals surface area contributed by atoms with Crippen LogP contribution in [0.15, 0.2) is 95.5 Å². The van der Waals surface area contributed by atoms with E-state index in [1.807, 2.05) is 0 Å². The van der Waals surface area contributed by atoms with Gasteiger partial charge in [-0.25, -0.2) is 4.52 Å². The summed E-state index contributed by atoms with van der Waals surface area (Å²) in [5.74, 6) is 0. The van der Waals surface area contributed by atoms with Crippen molar-refractivity contribution in [1.29, 1.82) is 0 Å². The van der Waals surface area contributed by atoms with Crippen LogP contribution in [0.2, 0.25) is 0 Å². The van der Waals surface area contributed by atoms with Crippen LogP contribution in [-0.4, -0.2) is 25.6 Å². The molecule has 0 saturated carbocycles. The highest BCUT2D eigenvalue weighted by Gasteiger charge is 2.36. The first-order valence-electron chi connectivity index (χ1n) is 9.59. The van der Waals surface area contributed by atoms with E-state index in [1.165, 1.54) is 0 Å². The van der Waals surface area contributed by atoms with E-state index in [9.17, 15) is 26.3 Å². The van der Waals surface area contributed by atoms with Gasteiger partial charge in [-0.05, 0) is 0 Å². The standard InChI is InChI=1S/C22H19F6NO2P2/c23-21(24,25)16-30-32(31-17-22(26,27)28)29-33(18-10-4-1-5-11-18,19-12-6-2-7-13-19)20-14-8-3-9-15-20/h1-15H,16-17H2. The molecule has 0 aliphatic heterocycles. The topological polar surface area (TPSA) is 30.8 Å². The van der Waals surface area contributed by atoms with Crippen molar-refractivity contribution in [2.24, 2.45) is 4.52 Å². The van der Waals surface area contributed by atoms with Crippen LogP contribution >= 0.6 is 15.6 Å². The third kappa shape index (κ3) is 7.15. The lowest BCUT2D eigenvalue weighted by Gasteiger charge is -2.28. The second kappa shape index (κ2) is 10.8. The summed E-state index contributed by atoms with van der Waals surface area (Å²) in [5, 5.41) is 1.92. The molecule has 0 aliphatic carbocycles. The molecular formula is C22H19F6NO2P2. The Morgan fingerprint density at radius 1 is 0.576 bits per heavy atom. The predicted octanol–water partition coefficient (Wildman–Crippen LogP) is 6.55. The number of alkyl halides is 6. The summed E-state index contributed by atoms with van der Waals surface area (Å²) in [6.45, 7) is -3.56. The molecule has 0 bridgehead atoms. The lowest BCUT2D eigenvalue weighted by Crippen LogP contribution is -2.25. The summed E-state index contributed by atoms with van der Waals surface area (Å²) in [7, 11) is -6.02. The lowest BCUT2D eigenvalue weighted by molar-refractivity contribution is -0.162. The summed E-state index contributed by atoms with van der Waals surface area (Å²) in [6.07, 6.45) is -9.52. The molecule has 11 heteroatoms. The highest BCUT2D eigenvalue weighted by atomic mass is 31.2. The van der Waals surface area contributed by atoms with Gasteiger partial charge in [-0.3, -0.25) is 0 Å². The third-order valence-electron chi connectivity index (χ3n) is 4.27. The summed E-state index contributed by atoms with van der Waals surface area (Å²) >= 11 is 0. The minimum Gasteiger partial charge on any atom is -0.307 e. The lowest BCUT2D eigenvalue weighted by atomic mass is 10.4. The van der Waals surface area contributed by atoms with Gasteiger partial charge in [0.1, 0.15) is 0 Å². The van der Waals surface area contributed by atoms with Gasteiger partial charge in [0.2, 0.25) is 0 Å². The fourth-order valence-corrected chi connectivity index (χ4v) is 8.81. The summed E-state index contributed by atoms with van der Waals surface area (Å²) in [5.41, 5.74) is 0. The Bertz CT molecular complexity index is 940. The largest absolute Gasteiger partial charge is 0.412 e.